The van der Waals surface area contributed by atoms with Gasteiger partial charge in [-0.1, -0.05) is 24.3 Å². The highest BCUT2D eigenvalue weighted by Crippen LogP contribution is 2.37. The Morgan fingerprint density at radius 1 is 1.05 bits per heavy atom. The van der Waals surface area contributed by atoms with Crippen LogP contribution in [0, 0.1) is 5.92 Å². The van der Waals surface area contributed by atoms with Gasteiger partial charge in [0, 0.05) is 23.2 Å². The van der Waals surface area contributed by atoms with Crippen LogP contribution in [-0.4, -0.2) is 17.1 Å². The third-order valence-electron chi connectivity index (χ3n) is 4.73. The predicted molar refractivity (Wildman–Crippen MR) is 78.1 cm³/mol. The monoisotopic (exact) mass is 252 g/mol. The average Bonchev–Trinajstić information content (AvgIpc) is 2.44. The van der Waals surface area contributed by atoms with Gasteiger partial charge < -0.3 is 5.32 Å². The van der Waals surface area contributed by atoms with Gasteiger partial charge in [-0.3, -0.25) is 4.98 Å². The fourth-order valence-electron chi connectivity index (χ4n) is 3.64. The highest BCUT2D eigenvalue weighted by Gasteiger charge is 2.37. The van der Waals surface area contributed by atoms with E-state index in [0.717, 1.165) is 29.9 Å². The number of hydrogen-bond acceptors (Lipinski definition) is 2. The molecular formula is C17H20N2. The van der Waals surface area contributed by atoms with E-state index in [1.165, 1.54) is 36.8 Å². The third-order valence-corrected chi connectivity index (χ3v) is 4.73. The van der Waals surface area contributed by atoms with Crippen molar-refractivity contribution in [2.75, 3.05) is 0 Å². The van der Waals surface area contributed by atoms with E-state index in [9.17, 15) is 0 Å². The minimum atomic E-state index is 0.728. The van der Waals surface area contributed by atoms with Gasteiger partial charge in [-0.15, -0.1) is 0 Å². The van der Waals surface area contributed by atoms with Crippen LogP contribution in [-0.2, 0) is 6.42 Å². The highest BCUT2D eigenvalue weighted by molar-refractivity contribution is 5.78. The first-order valence-electron chi connectivity index (χ1n) is 7.47. The number of aryl methyl sites for hydroxylation is 1. The zero-order valence-electron chi connectivity index (χ0n) is 11.2. The molecule has 0 amide bonds. The average molecular weight is 252 g/mol. The molecule has 1 unspecified atom stereocenters. The molecule has 2 saturated heterocycles. The Balaban J connectivity index is 1.43. The van der Waals surface area contributed by atoms with Crippen LogP contribution in [0.3, 0.4) is 0 Å². The summed E-state index contributed by atoms with van der Waals surface area (Å²) in [6.45, 7) is 0. The zero-order valence-corrected chi connectivity index (χ0v) is 11.2. The lowest BCUT2D eigenvalue weighted by atomic mass is 9.71. The van der Waals surface area contributed by atoms with Gasteiger partial charge in [0.25, 0.3) is 0 Å². The second-order valence-corrected chi connectivity index (χ2v) is 6.17. The number of piperidine rings is 2. The van der Waals surface area contributed by atoms with Crippen LogP contribution in [0.15, 0.2) is 36.4 Å². The van der Waals surface area contributed by atoms with Gasteiger partial charge in [-0.25, -0.2) is 0 Å². The lowest BCUT2D eigenvalue weighted by Crippen LogP contribution is -2.54. The first-order valence-corrected chi connectivity index (χ1v) is 7.47. The van der Waals surface area contributed by atoms with Gasteiger partial charge in [0.1, 0.15) is 0 Å². The van der Waals surface area contributed by atoms with Crippen LogP contribution < -0.4 is 5.32 Å². The molecule has 0 radical (unpaired) electrons. The van der Waals surface area contributed by atoms with Crippen molar-refractivity contribution in [1.82, 2.24) is 10.3 Å². The van der Waals surface area contributed by atoms with Crippen molar-refractivity contribution in [2.45, 2.75) is 44.2 Å². The molecule has 3 fully saturated rings. The van der Waals surface area contributed by atoms with Crippen molar-refractivity contribution < 1.29 is 0 Å². The molecule has 3 heterocycles. The first-order chi connectivity index (χ1) is 9.37. The molecule has 1 saturated carbocycles. The molecule has 2 bridgehead atoms. The number of nitrogens with zero attached hydrogens (tertiary/aromatic N) is 1. The van der Waals surface area contributed by atoms with E-state index < -0.39 is 0 Å². The summed E-state index contributed by atoms with van der Waals surface area (Å²) < 4.78 is 0. The quantitative estimate of drug-likeness (QED) is 0.906. The molecule has 1 N–H and O–H groups in total. The van der Waals surface area contributed by atoms with Gasteiger partial charge in [-0.2, -0.15) is 0 Å². The van der Waals surface area contributed by atoms with E-state index in [1.54, 1.807) is 0 Å². The highest BCUT2D eigenvalue weighted by atomic mass is 15.0. The van der Waals surface area contributed by atoms with E-state index in [1.807, 2.05) is 0 Å². The van der Waals surface area contributed by atoms with E-state index in [4.69, 9.17) is 4.98 Å². The smallest absolute Gasteiger partial charge is 0.0705 e. The van der Waals surface area contributed by atoms with Crippen molar-refractivity contribution in [3.05, 3.63) is 42.1 Å². The van der Waals surface area contributed by atoms with Gasteiger partial charge >= 0.3 is 0 Å². The molecular weight excluding hydrogens is 232 g/mol. The lowest BCUT2D eigenvalue weighted by molar-refractivity contribution is 0.113. The second-order valence-electron chi connectivity index (χ2n) is 6.17. The van der Waals surface area contributed by atoms with Crippen LogP contribution >= 0.6 is 0 Å². The maximum absolute atomic E-state index is 4.76. The van der Waals surface area contributed by atoms with Crippen molar-refractivity contribution in [3.63, 3.8) is 0 Å². The molecule has 2 nitrogen and oxygen atoms in total. The van der Waals surface area contributed by atoms with E-state index in [2.05, 4.69) is 41.7 Å². The SMILES string of the molecule is c1ccc2nc(CCC3CC4CC(C4)N3)ccc2c1. The molecule has 19 heavy (non-hydrogen) atoms. The molecule has 1 aromatic carbocycles. The number of nitrogens with one attached hydrogen (secondary N) is 1. The van der Waals surface area contributed by atoms with Crippen LogP contribution in [0.4, 0.5) is 0 Å². The first kappa shape index (κ1) is 11.4. The maximum atomic E-state index is 4.76. The topological polar surface area (TPSA) is 24.9 Å². The molecule has 1 atom stereocenters. The molecule has 2 aromatic rings. The van der Waals surface area contributed by atoms with Crippen molar-refractivity contribution >= 4 is 10.9 Å². The number of aromatic nitrogens is 1. The minimum Gasteiger partial charge on any atom is -0.311 e. The summed E-state index contributed by atoms with van der Waals surface area (Å²) in [5.74, 6) is 1.01. The van der Waals surface area contributed by atoms with Gasteiger partial charge in [0.15, 0.2) is 0 Å². The molecule has 3 aliphatic rings. The van der Waals surface area contributed by atoms with Crippen LogP contribution in [0.5, 0.6) is 0 Å². The van der Waals surface area contributed by atoms with Crippen LogP contribution in [0.25, 0.3) is 10.9 Å². The maximum Gasteiger partial charge on any atom is 0.0705 e. The number of rotatable bonds is 3. The summed E-state index contributed by atoms with van der Waals surface area (Å²) in [6, 6.07) is 14.3. The van der Waals surface area contributed by atoms with Gasteiger partial charge in [0.05, 0.1) is 5.52 Å². The number of fused-ring (bicyclic) bond motifs is 3. The second kappa shape index (κ2) is 4.61. The fourth-order valence-corrected chi connectivity index (χ4v) is 3.64. The summed E-state index contributed by atoms with van der Waals surface area (Å²) in [4.78, 5) is 4.76. The van der Waals surface area contributed by atoms with E-state index in [0.29, 0.717) is 0 Å². The summed E-state index contributed by atoms with van der Waals surface area (Å²) in [5.41, 5.74) is 2.36. The van der Waals surface area contributed by atoms with Crippen LogP contribution in [0.1, 0.15) is 31.4 Å². The Kier molecular flexibility index (Phi) is 2.77. The lowest BCUT2D eigenvalue weighted by Gasteiger charge is -2.46. The third kappa shape index (κ3) is 2.25. The Morgan fingerprint density at radius 3 is 2.79 bits per heavy atom. The largest absolute Gasteiger partial charge is 0.311 e. The van der Waals surface area contributed by atoms with Crippen molar-refractivity contribution in [3.8, 4) is 0 Å². The molecule has 1 aromatic heterocycles. The summed E-state index contributed by atoms with van der Waals surface area (Å²) in [7, 11) is 0. The molecule has 98 valence electrons. The standard InChI is InChI=1S/C17H20N2/c1-2-4-17-13(3-1)5-6-14(19-17)7-8-15-9-12-10-16(11-12)18-15/h1-6,12,15-16,18H,7-11H2. The van der Waals surface area contributed by atoms with Gasteiger partial charge in [-0.05, 0) is 50.2 Å². The summed E-state index contributed by atoms with van der Waals surface area (Å²) in [5, 5.41) is 5.00. The Bertz CT molecular complexity index is 577. The zero-order chi connectivity index (χ0) is 12.7. The molecule has 0 spiro atoms. The predicted octanol–water partition coefficient (Wildman–Crippen LogP) is 3.31. The van der Waals surface area contributed by atoms with Crippen molar-refractivity contribution in [1.29, 1.82) is 0 Å². The summed E-state index contributed by atoms with van der Waals surface area (Å²) >= 11 is 0. The number of pyridine rings is 1. The number of para-hydroxylation sites is 1. The normalized spacial score (nSPS) is 29.2. The summed E-state index contributed by atoms with van der Waals surface area (Å²) in [6.07, 6.45) is 6.56. The molecule has 1 aliphatic carbocycles. The Morgan fingerprint density at radius 2 is 1.95 bits per heavy atom. The van der Waals surface area contributed by atoms with Gasteiger partial charge in [0.2, 0.25) is 0 Å². The fraction of sp³-hybridized carbons (Fsp3) is 0.471. The number of hydrogen-bond donors (Lipinski definition) is 1. The Hall–Kier alpha value is -1.41. The van der Waals surface area contributed by atoms with Crippen molar-refractivity contribution in [2.24, 2.45) is 5.92 Å². The minimum absolute atomic E-state index is 0.728. The Labute approximate surface area is 114 Å². The number of benzene rings is 1. The van der Waals surface area contributed by atoms with Crippen LogP contribution in [0.2, 0.25) is 0 Å². The molecule has 2 heteroatoms. The van der Waals surface area contributed by atoms with E-state index >= 15 is 0 Å². The van der Waals surface area contributed by atoms with E-state index in [-0.39, 0.29) is 0 Å². The molecule has 2 aliphatic heterocycles. The molecule has 5 rings (SSSR count).